The van der Waals surface area contributed by atoms with E-state index in [1.807, 2.05) is 24.5 Å². The van der Waals surface area contributed by atoms with Crippen LogP contribution >= 0.6 is 39.5 Å². The molecule has 10 heteroatoms. The fourth-order valence-corrected chi connectivity index (χ4v) is 5.11. The molecule has 1 heterocycles. The van der Waals surface area contributed by atoms with Crippen LogP contribution in [-0.4, -0.2) is 34.8 Å². The van der Waals surface area contributed by atoms with Crippen LogP contribution in [0, 0.1) is 5.82 Å². The zero-order chi connectivity index (χ0) is 25.7. The predicted octanol–water partition coefficient (Wildman–Crippen LogP) is 6.56. The summed E-state index contributed by atoms with van der Waals surface area (Å²) in [5.74, 6) is -0.713. The molecule has 3 amide bonds. The normalized spacial score (nSPS) is 14.4. The molecule has 36 heavy (non-hydrogen) atoms. The molecule has 0 aromatic heterocycles. The van der Waals surface area contributed by atoms with Gasteiger partial charge in [0.2, 0.25) is 5.91 Å². The summed E-state index contributed by atoms with van der Waals surface area (Å²) >= 11 is 5.79. The molecule has 1 fully saturated rings. The maximum Gasteiger partial charge on any atom is 0.294 e. The minimum atomic E-state index is -0.522. The van der Waals surface area contributed by atoms with Crippen LogP contribution in [0.1, 0.15) is 11.1 Å². The van der Waals surface area contributed by atoms with Gasteiger partial charge in [0, 0.05) is 10.6 Å². The van der Waals surface area contributed by atoms with Gasteiger partial charge in [0.25, 0.3) is 11.1 Å². The Labute approximate surface area is 224 Å². The minimum absolute atomic E-state index is 0.226. The van der Waals surface area contributed by atoms with Gasteiger partial charge in [0.1, 0.15) is 24.7 Å². The fraction of sp³-hybridized carbons (Fsp3) is 0.115. The van der Waals surface area contributed by atoms with Gasteiger partial charge in [-0.15, -0.1) is 11.8 Å². The number of ether oxygens (including phenoxy) is 1. The maximum atomic E-state index is 13.1. The molecular formula is C26H20BrFN2O4S2. The van der Waals surface area contributed by atoms with Crippen LogP contribution in [0.5, 0.6) is 5.75 Å². The van der Waals surface area contributed by atoms with Crippen molar-refractivity contribution in [3.63, 3.8) is 0 Å². The number of thioether (sulfide) groups is 2. The highest BCUT2D eigenvalue weighted by atomic mass is 79.9. The number of rotatable bonds is 8. The molecule has 3 aromatic carbocycles. The summed E-state index contributed by atoms with van der Waals surface area (Å²) < 4.78 is 19.5. The van der Waals surface area contributed by atoms with Gasteiger partial charge in [-0.05, 0) is 93.6 Å². The van der Waals surface area contributed by atoms with Crippen LogP contribution in [-0.2, 0) is 16.2 Å². The molecule has 0 aliphatic carbocycles. The van der Waals surface area contributed by atoms with Crippen molar-refractivity contribution in [2.75, 3.05) is 18.1 Å². The van der Waals surface area contributed by atoms with Crippen LogP contribution in [0.15, 0.2) is 81.0 Å². The number of hydrogen-bond acceptors (Lipinski definition) is 6. The lowest BCUT2D eigenvalue weighted by Gasteiger charge is -2.13. The lowest BCUT2D eigenvalue weighted by Crippen LogP contribution is -2.36. The van der Waals surface area contributed by atoms with E-state index in [1.165, 1.54) is 12.1 Å². The molecule has 1 aliphatic heterocycles. The molecule has 1 aliphatic rings. The smallest absolute Gasteiger partial charge is 0.294 e. The molecule has 3 aromatic rings. The Hall–Kier alpha value is -3.08. The zero-order valence-electron chi connectivity index (χ0n) is 19.0. The number of nitrogens with one attached hydrogen (secondary N) is 1. The van der Waals surface area contributed by atoms with Gasteiger partial charge in [0.05, 0.1) is 9.38 Å². The largest absolute Gasteiger partial charge is 0.488 e. The Morgan fingerprint density at radius 2 is 1.92 bits per heavy atom. The Morgan fingerprint density at radius 1 is 1.14 bits per heavy atom. The number of benzene rings is 3. The standard InChI is InChI=1S/C26H20BrFN2O4S2/c1-35-20-4-2-3-19(13-20)29-24(31)14-30-25(32)23(36-26(30)33)12-17-7-10-22(21(27)11-17)34-15-16-5-8-18(28)9-6-16/h2-13H,14-15H2,1H3,(H,29,31)/b23-12-. The van der Waals surface area contributed by atoms with Crippen molar-refractivity contribution in [1.29, 1.82) is 0 Å². The quantitative estimate of drug-likeness (QED) is 0.238. The number of hydrogen-bond donors (Lipinski definition) is 1. The molecule has 0 radical (unpaired) electrons. The van der Waals surface area contributed by atoms with Crippen LogP contribution < -0.4 is 10.1 Å². The first kappa shape index (κ1) is 26.0. The number of nitrogens with zero attached hydrogens (tertiary/aromatic N) is 1. The lowest BCUT2D eigenvalue weighted by atomic mass is 10.2. The Kier molecular flexibility index (Phi) is 8.50. The van der Waals surface area contributed by atoms with E-state index in [1.54, 1.807) is 54.2 Å². The number of imide groups is 1. The summed E-state index contributed by atoms with van der Waals surface area (Å²) in [5.41, 5.74) is 2.10. The number of amides is 3. The van der Waals surface area contributed by atoms with Crippen molar-refractivity contribution in [1.82, 2.24) is 4.90 Å². The molecule has 0 spiro atoms. The Bertz CT molecular complexity index is 1350. The van der Waals surface area contributed by atoms with Gasteiger partial charge in [-0.2, -0.15) is 0 Å². The van der Waals surface area contributed by atoms with Gasteiger partial charge in [-0.1, -0.05) is 24.3 Å². The summed E-state index contributed by atoms with van der Waals surface area (Å²) in [7, 11) is 0. The first-order valence-corrected chi connectivity index (χ1v) is 13.5. The van der Waals surface area contributed by atoms with E-state index < -0.39 is 17.1 Å². The third kappa shape index (κ3) is 6.57. The number of carbonyl (C=O) groups excluding carboxylic acids is 3. The van der Waals surface area contributed by atoms with Crippen molar-refractivity contribution in [2.45, 2.75) is 11.5 Å². The Balaban J connectivity index is 1.39. The van der Waals surface area contributed by atoms with E-state index in [0.717, 1.165) is 27.1 Å². The molecule has 0 unspecified atom stereocenters. The first-order valence-electron chi connectivity index (χ1n) is 10.7. The predicted molar refractivity (Wildman–Crippen MR) is 144 cm³/mol. The third-order valence-corrected chi connectivity index (χ3v) is 7.34. The molecule has 4 rings (SSSR count). The van der Waals surface area contributed by atoms with Crippen LogP contribution in [0.3, 0.4) is 0 Å². The van der Waals surface area contributed by atoms with E-state index in [2.05, 4.69) is 21.2 Å². The molecule has 0 saturated carbocycles. The highest BCUT2D eigenvalue weighted by Gasteiger charge is 2.36. The molecule has 1 saturated heterocycles. The average molecular weight is 587 g/mol. The molecule has 184 valence electrons. The lowest BCUT2D eigenvalue weighted by molar-refractivity contribution is -0.127. The van der Waals surface area contributed by atoms with Gasteiger partial charge in [-0.25, -0.2) is 4.39 Å². The number of carbonyl (C=O) groups is 3. The highest BCUT2D eigenvalue weighted by molar-refractivity contribution is 9.10. The van der Waals surface area contributed by atoms with Gasteiger partial charge in [-0.3, -0.25) is 19.3 Å². The van der Waals surface area contributed by atoms with Crippen molar-refractivity contribution < 1.29 is 23.5 Å². The van der Waals surface area contributed by atoms with Gasteiger partial charge in [0.15, 0.2) is 0 Å². The van der Waals surface area contributed by atoms with E-state index in [-0.39, 0.29) is 23.9 Å². The molecule has 0 atom stereocenters. The zero-order valence-corrected chi connectivity index (χ0v) is 22.2. The third-order valence-electron chi connectivity index (χ3n) is 5.09. The van der Waals surface area contributed by atoms with E-state index in [4.69, 9.17) is 4.74 Å². The minimum Gasteiger partial charge on any atom is -0.488 e. The van der Waals surface area contributed by atoms with E-state index in [9.17, 15) is 18.8 Å². The maximum absolute atomic E-state index is 13.1. The summed E-state index contributed by atoms with van der Waals surface area (Å²) in [6.07, 6.45) is 3.53. The van der Waals surface area contributed by atoms with Gasteiger partial charge < -0.3 is 10.1 Å². The number of anilines is 1. The monoisotopic (exact) mass is 586 g/mol. The molecule has 0 bridgehead atoms. The van der Waals surface area contributed by atoms with E-state index >= 15 is 0 Å². The second-order valence-corrected chi connectivity index (χ2v) is 10.4. The van der Waals surface area contributed by atoms with Crippen molar-refractivity contribution in [2.24, 2.45) is 0 Å². The summed E-state index contributed by atoms with van der Waals surface area (Å²) in [6.45, 7) is -0.105. The molecule has 1 N–H and O–H groups in total. The number of halogens is 2. The second kappa shape index (κ2) is 11.8. The van der Waals surface area contributed by atoms with E-state index in [0.29, 0.717) is 21.5 Å². The SMILES string of the molecule is CSc1cccc(NC(=O)CN2C(=O)S/C(=C\c3ccc(OCc4ccc(F)cc4)c(Br)c3)C2=O)c1. The summed E-state index contributed by atoms with van der Waals surface area (Å²) in [6, 6.07) is 18.6. The van der Waals surface area contributed by atoms with Crippen LogP contribution in [0.2, 0.25) is 0 Å². The second-order valence-electron chi connectivity index (χ2n) is 7.65. The summed E-state index contributed by atoms with van der Waals surface area (Å²) in [4.78, 5) is 39.8. The summed E-state index contributed by atoms with van der Waals surface area (Å²) in [5, 5.41) is 2.22. The highest BCUT2D eigenvalue weighted by Crippen LogP contribution is 2.34. The topological polar surface area (TPSA) is 75.7 Å². The van der Waals surface area contributed by atoms with Crippen molar-refractivity contribution in [3.8, 4) is 5.75 Å². The van der Waals surface area contributed by atoms with Gasteiger partial charge >= 0.3 is 0 Å². The van der Waals surface area contributed by atoms with Crippen molar-refractivity contribution in [3.05, 3.63) is 93.1 Å². The molecule has 6 nitrogen and oxygen atoms in total. The average Bonchev–Trinajstić information content (AvgIpc) is 3.11. The fourth-order valence-electron chi connectivity index (χ4n) is 3.30. The van der Waals surface area contributed by atoms with Crippen LogP contribution in [0.4, 0.5) is 14.9 Å². The Morgan fingerprint density at radius 3 is 2.64 bits per heavy atom. The van der Waals surface area contributed by atoms with Crippen molar-refractivity contribution >= 4 is 68.3 Å². The first-order chi connectivity index (χ1) is 17.3. The van der Waals surface area contributed by atoms with Crippen LogP contribution in [0.25, 0.3) is 6.08 Å². The molecular weight excluding hydrogens is 567 g/mol.